The number of para-hydroxylation sites is 1. The molecule has 118 valence electrons. The maximum Gasteiger partial charge on any atom is 0.214 e. The van der Waals surface area contributed by atoms with Gasteiger partial charge in [-0.2, -0.15) is 4.31 Å². The van der Waals surface area contributed by atoms with Crippen LogP contribution in [-0.2, 0) is 10.0 Å². The van der Waals surface area contributed by atoms with Crippen LogP contribution in [0.4, 0.5) is 5.69 Å². The summed E-state index contributed by atoms with van der Waals surface area (Å²) in [7, 11) is -1.20. The summed E-state index contributed by atoms with van der Waals surface area (Å²) in [6, 6.07) is 10.2. The number of unbranched alkanes of at least 4 members (excludes halogenated alkanes) is 1. The molecule has 1 fully saturated rings. The first kappa shape index (κ1) is 16.3. The third-order valence-corrected chi connectivity index (χ3v) is 5.79. The number of hydrogen-bond acceptors (Lipinski definition) is 4. The minimum atomic E-state index is -3.09. The average Bonchev–Trinajstić information content (AvgIpc) is 2.53. The van der Waals surface area contributed by atoms with Gasteiger partial charge in [0.15, 0.2) is 0 Å². The number of benzene rings is 1. The molecule has 2 rings (SSSR count). The highest BCUT2D eigenvalue weighted by Gasteiger charge is 2.26. The normalized spacial score (nSPS) is 17.1. The van der Waals surface area contributed by atoms with Crippen LogP contribution in [0.3, 0.4) is 0 Å². The van der Waals surface area contributed by atoms with Crippen LogP contribution < -0.4 is 10.2 Å². The van der Waals surface area contributed by atoms with Crippen molar-refractivity contribution < 1.29 is 8.42 Å². The molecule has 1 N–H and O–H groups in total. The first-order valence-electron chi connectivity index (χ1n) is 7.56. The van der Waals surface area contributed by atoms with Crippen molar-refractivity contribution in [2.45, 2.75) is 12.8 Å². The van der Waals surface area contributed by atoms with Crippen LogP contribution in [0.5, 0.6) is 0 Å². The quantitative estimate of drug-likeness (QED) is 0.767. The van der Waals surface area contributed by atoms with Gasteiger partial charge in [-0.25, -0.2) is 8.42 Å². The molecule has 6 heteroatoms. The van der Waals surface area contributed by atoms with Crippen molar-refractivity contribution in [3.05, 3.63) is 30.3 Å². The lowest BCUT2D eigenvalue weighted by molar-refractivity contribution is 0.384. The molecule has 0 amide bonds. The molecule has 1 aliphatic heterocycles. The van der Waals surface area contributed by atoms with E-state index < -0.39 is 10.0 Å². The Balaban J connectivity index is 1.83. The summed E-state index contributed by atoms with van der Waals surface area (Å²) in [6.07, 6.45) is 1.63. The molecule has 0 radical (unpaired) electrons. The Morgan fingerprint density at radius 3 is 2.33 bits per heavy atom. The predicted octanol–water partition coefficient (Wildman–Crippen LogP) is 1.14. The van der Waals surface area contributed by atoms with Crippen LogP contribution >= 0.6 is 0 Å². The Morgan fingerprint density at radius 1 is 1.05 bits per heavy atom. The second kappa shape index (κ2) is 7.77. The van der Waals surface area contributed by atoms with E-state index in [1.54, 1.807) is 4.31 Å². The van der Waals surface area contributed by atoms with Crippen LogP contribution in [-0.4, -0.2) is 58.2 Å². The molecule has 1 aromatic rings. The fraction of sp³-hybridized carbons (Fsp3) is 0.600. The van der Waals surface area contributed by atoms with Crippen LogP contribution in [0.2, 0.25) is 0 Å². The monoisotopic (exact) mass is 311 g/mol. The molecule has 0 aromatic heterocycles. The van der Waals surface area contributed by atoms with Gasteiger partial charge in [-0.15, -0.1) is 0 Å². The van der Waals surface area contributed by atoms with E-state index >= 15 is 0 Å². The van der Waals surface area contributed by atoms with Crippen LogP contribution in [0.25, 0.3) is 0 Å². The van der Waals surface area contributed by atoms with Crippen molar-refractivity contribution in [3.63, 3.8) is 0 Å². The maximum atomic E-state index is 12.3. The van der Waals surface area contributed by atoms with E-state index in [4.69, 9.17) is 0 Å². The summed E-state index contributed by atoms with van der Waals surface area (Å²) in [5, 5.41) is 3.04. The van der Waals surface area contributed by atoms with Crippen LogP contribution in [0, 0.1) is 0 Å². The van der Waals surface area contributed by atoms with Gasteiger partial charge in [0.1, 0.15) is 0 Å². The SMILES string of the molecule is CNCCCCS(=O)(=O)N1CCN(c2ccccc2)CC1. The Labute approximate surface area is 128 Å². The fourth-order valence-corrected chi connectivity index (χ4v) is 4.13. The van der Waals surface area contributed by atoms with Crippen molar-refractivity contribution in [2.75, 3.05) is 50.4 Å². The molecule has 1 heterocycles. The zero-order valence-corrected chi connectivity index (χ0v) is 13.5. The number of piperazine rings is 1. The van der Waals surface area contributed by atoms with Crippen LogP contribution in [0.15, 0.2) is 30.3 Å². The Bertz CT molecular complexity index is 511. The number of anilines is 1. The van der Waals surface area contributed by atoms with Crippen molar-refractivity contribution >= 4 is 15.7 Å². The highest BCUT2D eigenvalue weighted by molar-refractivity contribution is 7.89. The fourth-order valence-electron chi connectivity index (χ4n) is 2.58. The third-order valence-electron chi connectivity index (χ3n) is 3.83. The van der Waals surface area contributed by atoms with Gasteiger partial charge in [-0.05, 0) is 38.6 Å². The zero-order chi connectivity index (χ0) is 15.1. The molecule has 0 spiro atoms. The van der Waals surface area contributed by atoms with E-state index in [-0.39, 0.29) is 5.75 Å². The minimum Gasteiger partial charge on any atom is -0.369 e. The van der Waals surface area contributed by atoms with E-state index in [0.29, 0.717) is 13.1 Å². The van der Waals surface area contributed by atoms with Gasteiger partial charge in [-0.1, -0.05) is 18.2 Å². The Kier molecular flexibility index (Phi) is 6.02. The number of nitrogens with one attached hydrogen (secondary N) is 1. The van der Waals surface area contributed by atoms with E-state index in [0.717, 1.165) is 32.5 Å². The van der Waals surface area contributed by atoms with Gasteiger partial charge in [-0.3, -0.25) is 0 Å². The topological polar surface area (TPSA) is 52.7 Å². The van der Waals surface area contributed by atoms with E-state index in [1.807, 2.05) is 25.2 Å². The van der Waals surface area contributed by atoms with Crippen molar-refractivity contribution in [1.82, 2.24) is 9.62 Å². The molecule has 1 saturated heterocycles. The first-order chi connectivity index (χ1) is 10.1. The van der Waals surface area contributed by atoms with Gasteiger partial charge >= 0.3 is 0 Å². The van der Waals surface area contributed by atoms with Crippen LogP contribution in [0.1, 0.15) is 12.8 Å². The second-order valence-corrected chi connectivity index (χ2v) is 7.44. The van der Waals surface area contributed by atoms with Gasteiger partial charge in [0.05, 0.1) is 5.75 Å². The summed E-state index contributed by atoms with van der Waals surface area (Å²) in [6.45, 7) is 3.57. The summed E-state index contributed by atoms with van der Waals surface area (Å²) in [5.74, 6) is 0.264. The molecule has 0 atom stereocenters. The summed E-state index contributed by atoms with van der Waals surface area (Å²) in [5.41, 5.74) is 1.17. The van der Waals surface area contributed by atoms with Gasteiger partial charge < -0.3 is 10.2 Å². The molecule has 0 saturated carbocycles. The van der Waals surface area contributed by atoms with E-state index in [1.165, 1.54) is 5.69 Å². The summed E-state index contributed by atoms with van der Waals surface area (Å²) < 4.78 is 26.2. The molecule has 0 bridgehead atoms. The summed E-state index contributed by atoms with van der Waals surface area (Å²) >= 11 is 0. The standard InChI is InChI=1S/C15H25N3O2S/c1-16-9-5-6-14-21(19,20)18-12-10-17(11-13-18)15-7-3-2-4-8-15/h2-4,7-8,16H,5-6,9-14H2,1H3. The Morgan fingerprint density at radius 2 is 1.71 bits per heavy atom. The largest absolute Gasteiger partial charge is 0.369 e. The maximum absolute atomic E-state index is 12.3. The highest BCUT2D eigenvalue weighted by atomic mass is 32.2. The first-order valence-corrected chi connectivity index (χ1v) is 9.17. The summed E-state index contributed by atoms with van der Waals surface area (Å²) in [4.78, 5) is 2.24. The van der Waals surface area contributed by atoms with Crippen molar-refractivity contribution in [1.29, 1.82) is 0 Å². The lowest BCUT2D eigenvalue weighted by atomic mass is 10.2. The number of hydrogen-bond donors (Lipinski definition) is 1. The molecule has 0 unspecified atom stereocenters. The molecule has 1 aliphatic rings. The molecule has 21 heavy (non-hydrogen) atoms. The number of sulfonamides is 1. The molecular weight excluding hydrogens is 286 g/mol. The molecule has 5 nitrogen and oxygen atoms in total. The molecular formula is C15H25N3O2S. The number of nitrogens with zero attached hydrogens (tertiary/aromatic N) is 2. The van der Waals surface area contributed by atoms with E-state index in [2.05, 4.69) is 22.3 Å². The van der Waals surface area contributed by atoms with Crippen molar-refractivity contribution in [3.8, 4) is 0 Å². The lowest BCUT2D eigenvalue weighted by Crippen LogP contribution is -2.49. The van der Waals surface area contributed by atoms with Gasteiger partial charge in [0, 0.05) is 31.9 Å². The number of rotatable bonds is 7. The van der Waals surface area contributed by atoms with Gasteiger partial charge in [0.2, 0.25) is 10.0 Å². The third kappa shape index (κ3) is 4.69. The zero-order valence-electron chi connectivity index (χ0n) is 12.7. The lowest BCUT2D eigenvalue weighted by Gasteiger charge is -2.35. The highest BCUT2D eigenvalue weighted by Crippen LogP contribution is 2.17. The molecule has 1 aromatic carbocycles. The predicted molar refractivity (Wildman–Crippen MR) is 87.2 cm³/mol. The average molecular weight is 311 g/mol. The molecule has 0 aliphatic carbocycles. The van der Waals surface area contributed by atoms with E-state index in [9.17, 15) is 8.42 Å². The van der Waals surface area contributed by atoms with Crippen molar-refractivity contribution in [2.24, 2.45) is 0 Å². The second-order valence-electron chi connectivity index (χ2n) is 5.35. The Hall–Kier alpha value is -1.11. The minimum absolute atomic E-state index is 0.264. The van der Waals surface area contributed by atoms with Gasteiger partial charge in [0.25, 0.3) is 0 Å². The smallest absolute Gasteiger partial charge is 0.214 e.